The largest absolute Gasteiger partial charge is 0.496 e. The first kappa shape index (κ1) is 26.0. The van der Waals surface area contributed by atoms with Gasteiger partial charge in [-0.1, -0.05) is 54.6 Å². The molecule has 0 aromatic heterocycles. The van der Waals surface area contributed by atoms with E-state index < -0.39 is 17.7 Å². The summed E-state index contributed by atoms with van der Waals surface area (Å²) in [5.74, 6) is -1.99. The lowest BCUT2D eigenvalue weighted by molar-refractivity contribution is -0.129. The summed E-state index contributed by atoms with van der Waals surface area (Å²) in [6, 6.07) is 29.7. The zero-order valence-electron chi connectivity index (χ0n) is 20.8. The number of anilines is 4. The van der Waals surface area contributed by atoms with Gasteiger partial charge in [0.2, 0.25) is 11.8 Å². The summed E-state index contributed by atoms with van der Waals surface area (Å²) in [7, 11) is 1.47. The van der Waals surface area contributed by atoms with Gasteiger partial charge in [-0.25, -0.2) is 0 Å². The molecular formula is C30H28N4O4. The number of nitrogen functional groups attached to an aromatic ring is 1. The van der Waals surface area contributed by atoms with E-state index >= 15 is 0 Å². The van der Waals surface area contributed by atoms with Gasteiger partial charge in [0.15, 0.2) is 0 Å². The maximum Gasteiger partial charge on any atom is 0.255 e. The molecule has 4 rings (SSSR count). The van der Waals surface area contributed by atoms with Crippen LogP contribution >= 0.6 is 0 Å². The Kier molecular flexibility index (Phi) is 8.35. The highest BCUT2D eigenvalue weighted by Crippen LogP contribution is 2.26. The predicted molar refractivity (Wildman–Crippen MR) is 149 cm³/mol. The Labute approximate surface area is 220 Å². The third-order valence-corrected chi connectivity index (χ3v) is 5.90. The van der Waals surface area contributed by atoms with Crippen LogP contribution in [0.4, 0.5) is 22.7 Å². The molecule has 0 aliphatic heterocycles. The van der Waals surface area contributed by atoms with Crippen molar-refractivity contribution in [3.63, 3.8) is 0 Å². The summed E-state index contributed by atoms with van der Waals surface area (Å²) in [6.07, 6.45) is 0.0496. The van der Waals surface area contributed by atoms with Crippen LogP contribution in [0.3, 0.4) is 0 Å². The maximum atomic E-state index is 13.3. The van der Waals surface area contributed by atoms with Crippen LogP contribution < -0.4 is 26.4 Å². The third-order valence-electron chi connectivity index (χ3n) is 5.90. The molecule has 192 valence electrons. The number of nitrogens with one attached hydrogen (secondary N) is 3. The molecule has 38 heavy (non-hydrogen) atoms. The fourth-order valence-corrected chi connectivity index (χ4v) is 3.89. The van der Waals surface area contributed by atoms with Crippen molar-refractivity contribution in [3.8, 4) is 5.75 Å². The van der Waals surface area contributed by atoms with Crippen LogP contribution in [-0.2, 0) is 16.0 Å². The second kappa shape index (κ2) is 12.2. The quantitative estimate of drug-likeness (QED) is 0.188. The number of benzene rings is 4. The Morgan fingerprint density at radius 1 is 0.737 bits per heavy atom. The van der Waals surface area contributed by atoms with E-state index in [4.69, 9.17) is 10.5 Å². The van der Waals surface area contributed by atoms with Crippen molar-refractivity contribution < 1.29 is 19.1 Å². The molecule has 8 nitrogen and oxygen atoms in total. The Morgan fingerprint density at radius 3 is 1.84 bits per heavy atom. The van der Waals surface area contributed by atoms with Gasteiger partial charge in [-0.2, -0.15) is 0 Å². The number of carbonyl (C=O) groups excluding carboxylic acids is 3. The summed E-state index contributed by atoms with van der Waals surface area (Å²) in [4.78, 5) is 39.4. The van der Waals surface area contributed by atoms with E-state index in [9.17, 15) is 14.4 Å². The second-order valence-corrected chi connectivity index (χ2v) is 8.54. The third kappa shape index (κ3) is 6.55. The molecule has 0 aliphatic carbocycles. The number of carbonyl (C=O) groups is 3. The van der Waals surface area contributed by atoms with Crippen molar-refractivity contribution in [1.29, 1.82) is 0 Å². The highest BCUT2D eigenvalue weighted by atomic mass is 16.5. The van der Waals surface area contributed by atoms with Crippen LogP contribution in [0.15, 0.2) is 103 Å². The van der Waals surface area contributed by atoms with Gasteiger partial charge in [0, 0.05) is 16.9 Å². The standard InChI is InChI=1S/C30H28N4O4/c1-38-27-19-21(28(35)34-26-15-9-8-14-25(26)31)17-16-20(27)18-24(29(36)32-22-10-4-2-5-11-22)30(37)33-23-12-6-3-7-13-23/h2-17,19,24H,18,31H2,1H3,(H,32,36)(H,33,37)(H,34,35). The van der Waals surface area contributed by atoms with Gasteiger partial charge in [-0.15, -0.1) is 0 Å². The molecule has 3 amide bonds. The Bertz CT molecular complexity index is 1370. The SMILES string of the molecule is COc1cc(C(=O)Nc2ccccc2N)ccc1CC(C(=O)Nc1ccccc1)C(=O)Nc1ccccc1. The molecule has 0 heterocycles. The molecule has 0 aliphatic rings. The van der Waals surface area contributed by atoms with E-state index in [2.05, 4.69) is 16.0 Å². The van der Waals surface area contributed by atoms with Crippen molar-refractivity contribution in [3.05, 3.63) is 114 Å². The van der Waals surface area contributed by atoms with Crippen LogP contribution in [0, 0.1) is 5.92 Å². The molecule has 0 radical (unpaired) electrons. The maximum absolute atomic E-state index is 13.3. The van der Waals surface area contributed by atoms with Gasteiger partial charge < -0.3 is 26.4 Å². The molecule has 0 atom stereocenters. The Hall–Kier alpha value is -5.11. The zero-order valence-corrected chi connectivity index (χ0v) is 20.8. The molecule has 0 unspecified atom stereocenters. The van der Waals surface area contributed by atoms with Crippen LogP contribution in [0.5, 0.6) is 5.75 Å². The number of para-hydroxylation sites is 4. The van der Waals surface area contributed by atoms with Crippen molar-refractivity contribution in [2.75, 3.05) is 28.8 Å². The van der Waals surface area contributed by atoms with E-state index in [1.807, 2.05) is 12.1 Å². The lowest BCUT2D eigenvalue weighted by Crippen LogP contribution is -2.35. The van der Waals surface area contributed by atoms with Gasteiger partial charge in [-0.3, -0.25) is 14.4 Å². The first-order chi connectivity index (χ1) is 18.4. The molecular weight excluding hydrogens is 480 g/mol. The molecule has 4 aromatic carbocycles. The highest BCUT2D eigenvalue weighted by molar-refractivity contribution is 6.11. The highest BCUT2D eigenvalue weighted by Gasteiger charge is 2.29. The average Bonchev–Trinajstić information content (AvgIpc) is 2.93. The van der Waals surface area contributed by atoms with E-state index in [0.29, 0.717) is 39.6 Å². The van der Waals surface area contributed by atoms with Gasteiger partial charge in [-0.05, 0) is 60.5 Å². The summed E-state index contributed by atoms with van der Waals surface area (Å²) in [6.45, 7) is 0. The van der Waals surface area contributed by atoms with Crippen LogP contribution in [0.1, 0.15) is 15.9 Å². The number of rotatable bonds is 9. The number of methoxy groups -OCH3 is 1. The van der Waals surface area contributed by atoms with E-state index in [1.54, 1.807) is 91.0 Å². The number of nitrogens with two attached hydrogens (primary N) is 1. The van der Waals surface area contributed by atoms with E-state index in [1.165, 1.54) is 7.11 Å². The summed E-state index contributed by atoms with van der Waals surface area (Å²) in [5.41, 5.74) is 8.97. The van der Waals surface area contributed by atoms with Crippen LogP contribution in [-0.4, -0.2) is 24.8 Å². The average molecular weight is 509 g/mol. The number of amides is 3. The fourth-order valence-electron chi connectivity index (χ4n) is 3.89. The van der Waals surface area contributed by atoms with E-state index in [0.717, 1.165) is 0 Å². The Balaban J connectivity index is 1.57. The number of hydrogen-bond donors (Lipinski definition) is 4. The van der Waals surface area contributed by atoms with Gasteiger partial charge in [0.05, 0.1) is 18.5 Å². The van der Waals surface area contributed by atoms with E-state index in [-0.39, 0.29) is 12.3 Å². The summed E-state index contributed by atoms with van der Waals surface area (Å²) < 4.78 is 5.54. The molecule has 0 bridgehead atoms. The second-order valence-electron chi connectivity index (χ2n) is 8.54. The monoisotopic (exact) mass is 508 g/mol. The molecule has 0 saturated carbocycles. The molecule has 0 spiro atoms. The van der Waals surface area contributed by atoms with Crippen molar-refractivity contribution in [2.24, 2.45) is 5.92 Å². The predicted octanol–water partition coefficient (Wildman–Crippen LogP) is 4.97. The lowest BCUT2D eigenvalue weighted by Gasteiger charge is -2.19. The van der Waals surface area contributed by atoms with Gasteiger partial charge in [0.1, 0.15) is 11.7 Å². The Morgan fingerprint density at radius 2 is 1.29 bits per heavy atom. The normalized spacial score (nSPS) is 10.5. The van der Waals surface area contributed by atoms with Crippen LogP contribution in [0.25, 0.3) is 0 Å². The molecule has 4 aromatic rings. The van der Waals surface area contributed by atoms with Crippen molar-refractivity contribution >= 4 is 40.5 Å². The summed E-state index contributed by atoms with van der Waals surface area (Å²) >= 11 is 0. The molecule has 5 N–H and O–H groups in total. The molecule has 0 fully saturated rings. The smallest absolute Gasteiger partial charge is 0.255 e. The number of hydrogen-bond acceptors (Lipinski definition) is 5. The minimum Gasteiger partial charge on any atom is -0.496 e. The summed E-state index contributed by atoms with van der Waals surface area (Å²) in [5, 5.41) is 8.41. The first-order valence-electron chi connectivity index (χ1n) is 12.0. The van der Waals surface area contributed by atoms with Crippen LogP contribution in [0.2, 0.25) is 0 Å². The topological polar surface area (TPSA) is 123 Å². The van der Waals surface area contributed by atoms with Crippen molar-refractivity contribution in [1.82, 2.24) is 0 Å². The first-order valence-corrected chi connectivity index (χ1v) is 12.0. The lowest BCUT2D eigenvalue weighted by atomic mass is 9.95. The van der Waals surface area contributed by atoms with Gasteiger partial charge in [0.25, 0.3) is 5.91 Å². The number of ether oxygens (including phenoxy) is 1. The zero-order chi connectivity index (χ0) is 26.9. The van der Waals surface area contributed by atoms with Crippen molar-refractivity contribution in [2.45, 2.75) is 6.42 Å². The fraction of sp³-hybridized carbons (Fsp3) is 0.100. The minimum absolute atomic E-state index is 0.0496. The molecule has 8 heteroatoms. The minimum atomic E-state index is -1.08. The van der Waals surface area contributed by atoms with Gasteiger partial charge >= 0.3 is 0 Å². The molecule has 0 saturated heterocycles.